The molecule has 0 amide bonds. The second-order valence-electron chi connectivity index (χ2n) is 14.0. The van der Waals surface area contributed by atoms with E-state index in [2.05, 4.69) is 103 Å². The normalized spacial score (nSPS) is 11.4. The van der Waals surface area contributed by atoms with Crippen LogP contribution in [-0.2, 0) is 0 Å². The van der Waals surface area contributed by atoms with Crippen molar-refractivity contribution in [2.24, 2.45) is 0 Å². The first-order valence-corrected chi connectivity index (χ1v) is 20.4. The minimum absolute atomic E-state index is 0.594. The van der Waals surface area contributed by atoms with Gasteiger partial charge in [0.25, 0.3) is 0 Å². The van der Waals surface area contributed by atoms with Gasteiger partial charge in [-0.3, -0.25) is 0 Å². The highest BCUT2D eigenvalue weighted by Crippen LogP contribution is 2.43. The fraction of sp³-hybridized carbons (Fsp3) is 0. The highest BCUT2D eigenvalue weighted by atomic mass is 32.1. The van der Waals surface area contributed by atoms with Crippen molar-refractivity contribution in [3.63, 3.8) is 0 Å². The second-order valence-corrected chi connectivity index (χ2v) is 16.1. The number of thiophene rings is 2. The molecule has 0 fully saturated rings. The van der Waals surface area contributed by atoms with E-state index in [9.17, 15) is 5.26 Å². The van der Waals surface area contributed by atoms with Crippen molar-refractivity contribution in [2.45, 2.75) is 0 Å². The van der Waals surface area contributed by atoms with Crippen LogP contribution >= 0.6 is 22.7 Å². The smallest absolute Gasteiger partial charge is 0.164 e. The van der Waals surface area contributed by atoms with Gasteiger partial charge in [0.05, 0.1) is 27.5 Å². The van der Waals surface area contributed by atoms with Crippen molar-refractivity contribution < 1.29 is 0 Å². The Morgan fingerprint density at radius 2 is 0.948 bits per heavy atom. The van der Waals surface area contributed by atoms with Crippen LogP contribution in [0.15, 0.2) is 170 Å². The Balaban J connectivity index is 1.03. The molecule has 0 spiro atoms. The molecule has 8 heteroatoms. The van der Waals surface area contributed by atoms with E-state index in [1.165, 1.54) is 4.70 Å². The van der Waals surface area contributed by atoms with Crippen molar-refractivity contribution in [1.82, 2.24) is 24.9 Å². The zero-order chi connectivity index (χ0) is 38.6. The van der Waals surface area contributed by atoms with Crippen LogP contribution in [0.2, 0.25) is 0 Å². The maximum absolute atomic E-state index is 9.23. The third kappa shape index (κ3) is 5.89. The SMILES string of the molecule is N#Cc1ccc(-c2ccc(-c3nc(-c4ccccc4)nc(-c4ccc5c(c4)sc4c(-c6nc(-c7ccccc7)c7sc8ccccc8c7n6)cccc45)n3)cc2)cc1. The van der Waals surface area contributed by atoms with Crippen LogP contribution in [0.3, 0.4) is 0 Å². The van der Waals surface area contributed by atoms with E-state index in [0.29, 0.717) is 28.9 Å². The van der Waals surface area contributed by atoms with Crippen molar-refractivity contribution in [2.75, 3.05) is 0 Å². The Morgan fingerprint density at radius 3 is 1.67 bits per heavy atom. The summed E-state index contributed by atoms with van der Waals surface area (Å²) in [7, 11) is 0. The lowest BCUT2D eigenvalue weighted by Gasteiger charge is -2.09. The molecule has 0 saturated heterocycles. The molecule has 7 aromatic carbocycles. The lowest BCUT2D eigenvalue weighted by atomic mass is 10.0. The molecule has 270 valence electrons. The number of aromatic nitrogens is 5. The van der Waals surface area contributed by atoms with Crippen LogP contribution in [0.25, 0.3) is 108 Å². The van der Waals surface area contributed by atoms with Crippen LogP contribution in [0.1, 0.15) is 5.56 Å². The lowest BCUT2D eigenvalue weighted by molar-refractivity contribution is 1.07. The van der Waals surface area contributed by atoms with Gasteiger partial charge in [0, 0.05) is 58.1 Å². The maximum Gasteiger partial charge on any atom is 0.164 e. The van der Waals surface area contributed by atoms with Gasteiger partial charge in [-0.25, -0.2) is 24.9 Å². The molecule has 58 heavy (non-hydrogen) atoms. The standard InChI is InChI=1S/C50H28N6S2/c51-29-30-18-20-31(21-19-30)32-22-24-35(25-23-32)48-54-47(34-12-5-2-6-13-34)55-49(56-48)36-26-27-37-38-15-9-16-40(45(38)58-42(37)28-36)50-52-43(33-10-3-1-4-11-33)46-44(53-50)39-14-7-8-17-41(39)57-46/h1-28H. The van der Waals surface area contributed by atoms with E-state index >= 15 is 0 Å². The quantitative estimate of drug-likeness (QED) is 0.167. The number of fused-ring (bicyclic) bond motifs is 6. The number of nitrogens with zero attached hydrogens (tertiary/aromatic N) is 6. The average Bonchev–Trinajstić information content (AvgIpc) is 3.87. The molecule has 4 heterocycles. The summed E-state index contributed by atoms with van der Waals surface area (Å²) in [5, 5.41) is 12.7. The summed E-state index contributed by atoms with van der Waals surface area (Å²) in [5.41, 5.74) is 9.44. The maximum atomic E-state index is 9.23. The van der Waals surface area contributed by atoms with Gasteiger partial charge < -0.3 is 0 Å². The monoisotopic (exact) mass is 776 g/mol. The van der Waals surface area contributed by atoms with Gasteiger partial charge >= 0.3 is 0 Å². The number of nitriles is 1. The molecule has 0 aliphatic heterocycles. The molecule has 0 aliphatic carbocycles. The highest BCUT2D eigenvalue weighted by molar-refractivity contribution is 7.26. The minimum Gasteiger partial charge on any atom is -0.226 e. The van der Waals surface area contributed by atoms with Crippen LogP contribution in [0.4, 0.5) is 0 Å². The van der Waals surface area contributed by atoms with Crippen molar-refractivity contribution in [3.05, 3.63) is 175 Å². The van der Waals surface area contributed by atoms with E-state index < -0.39 is 0 Å². The van der Waals surface area contributed by atoms with Gasteiger partial charge in [-0.15, -0.1) is 22.7 Å². The molecule has 0 radical (unpaired) electrons. The zero-order valence-electron chi connectivity index (χ0n) is 30.7. The van der Waals surface area contributed by atoms with Crippen LogP contribution in [0, 0.1) is 11.3 Å². The summed E-state index contributed by atoms with van der Waals surface area (Å²) in [6.07, 6.45) is 0. The first-order chi connectivity index (χ1) is 28.7. The first-order valence-electron chi connectivity index (χ1n) is 18.8. The van der Waals surface area contributed by atoms with Gasteiger partial charge in [-0.05, 0) is 41.5 Å². The van der Waals surface area contributed by atoms with Crippen molar-refractivity contribution in [1.29, 1.82) is 5.26 Å². The summed E-state index contributed by atoms with van der Waals surface area (Å²) in [4.78, 5) is 25.6. The van der Waals surface area contributed by atoms with E-state index in [-0.39, 0.29) is 0 Å². The average molecular weight is 777 g/mol. The van der Waals surface area contributed by atoms with E-state index in [1.807, 2.05) is 72.8 Å². The predicted octanol–water partition coefficient (Wildman–Crippen LogP) is 13.3. The van der Waals surface area contributed by atoms with Crippen LogP contribution in [-0.4, -0.2) is 24.9 Å². The third-order valence-corrected chi connectivity index (χ3v) is 12.8. The fourth-order valence-electron chi connectivity index (χ4n) is 7.52. The largest absolute Gasteiger partial charge is 0.226 e. The molecule has 0 atom stereocenters. The zero-order valence-corrected chi connectivity index (χ0v) is 32.3. The van der Waals surface area contributed by atoms with Crippen LogP contribution < -0.4 is 0 Å². The van der Waals surface area contributed by atoms with E-state index in [0.717, 1.165) is 80.4 Å². The summed E-state index contributed by atoms with van der Waals surface area (Å²) in [6.45, 7) is 0. The topological polar surface area (TPSA) is 88.2 Å². The van der Waals surface area contributed by atoms with Gasteiger partial charge in [0.2, 0.25) is 0 Å². The number of hydrogen-bond acceptors (Lipinski definition) is 8. The Morgan fingerprint density at radius 1 is 0.379 bits per heavy atom. The summed E-state index contributed by atoms with van der Waals surface area (Å²) >= 11 is 3.49. The number of benzene rings is 7. The summed E-state index contributed by atoms with van der Waals surface area (Å²) in [5.74, 6) is 2.52. The van der Waals surface area contributed by atoms with E-state index in [1.54, 1.807) is 22.7 Å². The molecular formula is C50H28N6S2. The third-order valence-electron chi connectivity index (χ3n) is 10.4. The summed E-state index contributed by atoms with van der Waals surface area (Å²) < 4.78 is 4.56. The highest BCUT2D eigenvalue weighted by Gasteiger charge is 2.20. The van der Waals surface area contributed by atoms with Crippen molar-refractivity contribution >= 4 is 63.1 Å². The van der Waals surface area contributed by atoms with Gasteiger partial charge in [-0.1, -0.05) is 140 Å². The van der Waals surface area contributed by atoms with Gasteiger partial charge in [-0.2, -0.15) is 5.26 Å². The van der Waals surface area contributed by atoms with Gasteiger partial charge in [0.15, 0.2) is 23.3 Å². The molecule has 0 aliphatic rings. The molecule has 0 bridgehead atoms. The molecular weight excluding hydrogens is 749 g/mol. The Bertz CT molecular complexity index is 3390. The first kappa shape index (κ1) is 33.9. The molecule has 0 N–H and O–H groups in total. The summed E-state index contributed by atoms with van der Waals surface area (Å²) in [6, 6.07) is 59.8. The predicted molar refractivity (Wildman–Crippen MR) is 239 cm³/mol. The minimum atomic E-state index is 0.594. The Hall–Kier alpha value is -7.44. The van der Waals surface area contributed by atoms with E-state index in [4.69, 9.17) is 24.9 Å². The molecule has 11 aromatic rings. The number of hydrogen-bond donors (Lipinski definition) is 0. The van der Waals surface area contributed by atoms with Crippen LogP contribution in [0.5, 0.6) is 0 Å². The molecule has 11 rings (SSSR count). The fourth-order valence-corrected chi connectivity index (χ4v) is 9.92. The number of rotatable bonds is 6. The Labute approximate surface area is 341 Å². The molecule has 6 nitrogen and oxygen atoms in total. The second kappa shape index (κ2) is 13.9. The molecule has 4 aromatic heterocycles. The molecule has 0 unspecified atom stereocenters. The molecule has 0 saturated carbocycles. The Kier molecular flexibility index (Phi) is 8.14. The lowest BCUT2D eigenvalue weighted by Crippen LogP contribution is -2.00. The van der Waals surface area contributed by atoms with Crippen molar-refractivity contribution in [3.8, 4) is 74.0 Å². The van der Waals surface area contributed by atoms with Gasteiger partial charge in [0.1, 0.15) is 0 Å².